The molecule has 120 heavy (non-hydrogen) atoms. The van der Waals surface area contributed by atoms with Crippen molar-refractivity contribution in [1.82, 2.24) is 9.13 Å². The van der Waals surface area contributed by atoms with Crippen molar-refractivity contribution in [2.24, 2.45) is 0 Å². The van der Waals surface area contributed by atoms with E-state index in [-0.39, 0.29) is 0 Å². The summed E-state index contributed by atoms with van der Waals surface area (Å²) in [6.45, 7) is 0. The molecule has 0 radical (unpaired) electrons. The average molecular weight is 1530 g/mol. The van der Waals surface area contributed by atoms with Crippen molar-refractivity contribution in [3.63, 3.8) is 0 Å². The van der Waals surface area contributed by atoms with Gasteiger partial charge in [0.05, 0.1) is 32.9 Å². The first kappa shape index (κ1) is 68.8. The number of aromatic nitrogens is 2. The van der Waals surface area contributed by atoms with Crippen LogP contribution in [0.15, 0.2) is 461 Å². The van der Waals surface area contributed by atoms with E-state index in [2.05, 4.69) is 480 Å². The SMILES string of the molecule is c1ccc(-c2ccc(N(c3ccc(-c4ccc(-n5c6ccccc6c6ccccc65)cc4)cc3)c3ccc4c(c3)C3(c5ccccc5-c5ccccc53)c3ccccc3-4)cc2)cc1.c1ccc(N(c2ccc(-c3ccc(-n4c5ccccc5c5ccccc54)cc3)cc2)c2ccc3c(c2)C2(c4ccccc4-c4ccccc42)c2ccccc2-3)cc1. The predicted molar refractivity (Wildman–Crippen MR) is 500 cm³/mol. The Morgan fingerprint density at radius 3 is 0.650 bits per heavy atom. The molecule has 0 fully saturated rings. The number of hydrogen-bond acceptors (Lipinski definition) is 2. The van der Waals surface area contributed by atoms with Gasteiger partial charge in [0.15, 0.2) is 0 Å². The molecular weight excluding hydrogens is 1450 g/mol. The van der Waals surface area contributed by atoms with Gasteiger partial charge < -0.3 is 18.9 Å². The molecule has 0 amide bonds. The van der Waals surface area contributed by atoms with E-state index in [0.29, 0.717) is 0 Å². The zero-order chi connectivity index (χ0) is 79.0. The molecular formula is C116H76N4. The summed E-state index contributed by atoms with van der Waals surface area (Å²) in [5.74, 6) is 0. The van der Waals surface area contributed by atoms with Gasteiger partial charge in [0.1, 0.15) is 0 Å². The number of rotatable bonds is 11. The molecule has 4 aliphatic carbocycles. The molecule has 0 N–H and O–H groups in total. The second kappa shape index (κ2) is 27.5. The summed E-state index contributed by atoms with van der Waals surface area (Å²) in [5, 5.41) is 5.09. The van der Waals surface area contributed by atoms with E-state index in [9.17, 15) is 0 Å². The maximum atomic E-state index is 2.47. The number of para-hydroxylation sites is 5. The van der Waals surface area contributed by atoms with Crippen LogP contribution in [0.5, 0.6) is 0 Å². The van der Waals surface area contributed by atoms with Gasteiger partial charge in [-0.2, -0.15) is 0 Å². The van der Waals surface area contributed by atoms with Gasteiger partial charge in [0.25, 0.3) is 0 Å². The minimum atomic E-state index is -0.423. The molecule has 2 heterocycles. The van der Waals surface area contributed by atoms with Crippen molar-refractivity contribution in [2.45, 2.75) is 10.8 Å². The molecule has 2 aromatic heterocycles. The second-order valence-corrected chi connectivity index (χ2v) is 32.1. The molecule has 25 rings (SSSR count). The zero-order valence-electron chi connectivity index (χ0n) is 65.7. The summed E-state index contributed by atoms with van der Waals surface area (Å²) in [6.07, 6.45) is 0. The maximum Gasteiger partial charge on any atom is 0.0726 e. The van der Waals surface area contributed by atoms with Crippen molar-refractivity contribution in [2.75, 3.05) is 9.80 Å². The van der Waals surface area contributed by atoms with Crippen molar-refractivity contribution >= 4 is 77.7 Å². The Morgan fingerprint density at radius 1 is 0.150 bits per heavy atom. The van der Waals surface area contributed by atoms with Crippen LogP contribution in [-0.4, -0.2) is 9.13 Å². The summed E-state index contributed by atoms with van der Waals surface area (Å²) < 4.78 is 4.75. The highest BCUT2D eigenvalue weighted by molar-refractivity contribution is 6.11. The van der Waals surface area contributed by atoms with Gasteiger partial charge in [-0.1, -0.05) is 340 Å². The van der Waals surface area contributed by atoms with Gasteiger partial charge in [0.2, 0.25) is 0 Å². The van der Waals surface area contributed by atoms with Gasteiger partial charge >= 0.3 is 0 Å². The fraction of sp³-hybridized carbons (Fsp3) is 0.0172. The first-order valence-electron chi connectivity index (χ1n) is 41.6. The highest BCUT2D eigenvalue weighted by atomic mass is 15.1. The first-order chi connectivity index (χ1) is 59.5. The molecule has 0 saturated heterocycles. The van der Waals surface area contributed by atoms with E-state index in [4.69, 9.17) is 0 Å². The number of fused-ring (bicyclic) bond motifs is 26. The third-order valence-corrected chi connectivity index (χ3v) is 26.1. The molecule has 560 valence electrons. The van der Waals surface area contributed by atoms with Crippen LogP contribution in [0.2, 0.25) is 0 Å². The second-order valence-electron chi connectivity index (χ2n) is 32.1. The molecule has 19 aromatic carbocycles. The molecule has 4 nitrogen and oxygen atoms in total. The number of nitrogens with zero attached hydrogens (tertiary/aromatic N) is 4. The van der Waals surface area contributed by atoms with Crippen LogP contribution >= 0.6 is 0 Å². The van der Waals surface area contributed by atoms with Gasteiger partial charge in [-0.25, -0.2) is 0 Å². The molecule has 0 bridgehead atoms. The Hall–Kier alpha value is -15.6. The lowest BCUT2D eigenvalue weighted by atomic mass is 9.70. The highest BCUT2D eigenvalue weighted by Gasteiger charge is 2.53. The van der Waals surface area contributed by atoms with E-state index in [0.717, 1.165) is 45.5 Å². The van der Waals surface area contributed by atoms with Crippen LogP contribution < -0.4 is 9.80 Å². The molecule has 0 saturated carbocycles. The van der Waals surface area contributed by atoms with Crippen LogP contribution in [0.1, 0.15) is 44.5 Å². The van der Waals surface area contributed by atoms with Gasteiger partial charge in [-0.15, -0.1) is 0 Å². The van der Waals surface area contributed by atoms with Crippen molar-refractivity contribution in [3.8, 4) is 89.3 Å². The molecule has 2 spiro atoms. The van der Waals surface area contributed by atoms with Crippen LogP contribution in [-0.2, 0) is 10.8 Å². The Kier molecular flexibility index (Phi) is 15.8. The predicted octanol–water partition coefficient (Wildman–Crippen LogP) is 30.2. The summed E-state index contributed by atoms with van der Waals surface area (Å²) in [5.41, 5.74) is 41.5. The summed E-state index contributed by atoms with van der Waals surface area (Å²) in [7, 11) is 0. The van der Waals surface area contributed by atoms with Crippen LogP contribution in [0.25, 0.3) is 133 Å². The molecule has 0 atom stereocenters. The van der Waals surface area contributed by atoms with Gasteiger partial charge in [0, 0.05) is 67.0 Å². The Labute approximate surface area is 697 Å². The topological polar surface area (TPSA) is 16.3 Å². The molecule has 0 aliphatic heterocycles. The smallest absolute Gasteiger partial charge is 0.0726 e. The average Bonchev–Trinajstić information content (AvgIpc) is 1.51. The maximum absolute atomic E-state index is 2.47. The summed E-state index contributed by atoms with van der Waals surface area (Å²) >= 11 is 0. The fourth-order valence-corrected chi connectivity index (χ4v) is 21.0. The molecule has 0 unspecified atom stereocenters. The van der Waals surface area contributed by atoms with Gasteiger partial charge in [-0.3, -0.25) is 0 Å². The number of anilines is 6. The first-order valence-corrected chi connectivity index (χ1v) is 41.6. The van der Waals surface area contributed by atoms with E-state index in [1.165, 1.54) is 166 Å². The summed E-state index contributed by atoms with van der Waals surface area (Å²) in [6, 6.07) is 170. The van der Waals surface area contributed by atoms with E-state index >= 15 is 0 Å². The minimum absolute atomic E-state index is 0.396. The largest absolute Gasteiger partial charge is 0.310 e. The minimum Gasteiger partial charge on any atom is -0.310 e. The molecule has 4 aliphatic rings. The Balaban J connectivity index is 0.000000137. The monoisotopic (exact) mass is 1520 g/mol. The van der Waals surface area contributed by atoms with Crippen molar-refractivity contribution in [1.29, 1.82) is 0 Å². The zero-order valence-corrected chi connectivity index (χ0v) is 65.7. The number of hydrogen-bond donors (Lipinski definition) is 0. The lowest BCUT2D eigenvalue weighted by molar-refractivity contribution is 0.793. The third-order valence-electron chi connectivity index (χ3n) is 26.1. The van der Waals surface area contributed by atoms with Crippen LogP contribution in [0.3, 0.4) is 0 Å². The highest BCUT2D eigenvalue weighted by Crippen LogP contribution is 2.66. The summed E-state index contributed by atoms with van der Waals surface area (Å²) in [4.78, 5) is 4.83. The van der Waals surface area contributed by atoms with Crippen LogP contribution in [0, 0.1) is 0 Å². The van der Waals surface area contributed by atoms with Crippen molar-refractivity contribution in [3.05, 3.63) is 506 Å². The Morgan fingerprint density at radius 2 is 0.358 bits per heavy atom. The van der Waals surface area contributed by atoms with E-state index in [1.54, 1.807) is 0 Å². The number of benzene rings is 19. The molecule has 4 heteroatoms. The Bertz CT molecular complexity index is 7390. The van der Waals surface area contributed by atoms with Gasteiger partial charge in [-0.05, 0) is 244 Å². The van der Waals surface area contributed by atoms with Crippen LogP contribution in [0.4, 0.5) is 34.1 Å². The normalized spacial score (nSPS) is 13.0. The van der Waals surface area contributed by atoms with Crippen molar-refractivity contribution < 1.29 is 0 Å². The third kappa shape index (κ3) is 10.4. The fourth-order valence-electron chi connectivity index (χ4n) is 21.0. The lowest BCUT2D eigenvalue weighted by Gasteiger charge is -2.32. The van der Waals surface area contributed by atoms with E-state index < -0.39 is 10.8 Å². The molecule has 21 aromatic rings. The quantitative estimate of drug-likeness (QED) is 0.128. The standard InChI is InChI=1S/C61H40N2.C55H36N2/c1-2-14-41(15-3-1)42-26-32-45(33-27-42)62(46-34-28-43(29-35-46)44-30-36-47(37-31-44)63-59-24-12-7-19-53(59)54-20-8-13-25-60(54)63)48-38-39-52-51-18-6-11-23-57(51)61(58(52)40-48)55-21-9-4-16-49(55)50-17-5-10-22-56(50)61;1-2-14-39(15-3-1)56(40-30-26-37(27-31-40)38-28-32-41(33-29-38)57-53-24-12-7-19-47(53)48-20-8-13-25-54(48)57)42-34-35-46-45-18-6-11-23-51(45)55(52(46)36-42)49-21-9-4-16-43(49)44-17-5-10-22-50(44)55/h1-40H;1-36H. The van der Waals surface area contributed by atoms with E-state index in [1.807, 2.05) is 0 Å². The lowest BCUT2D eigenvalue weighted by Crippen LogP contribution is -2.26.